The van der Waals surface area contributed by atoms with Crippen LogP contribution in [-0.2, 0) is 5.75 Å². The van der Waals surface area contributed by atoms with E-state index >= 15 is 0 Å². The van der Waals surface area contributed by atoms with E-state index in [0.717, 1.165) is 35.9 Å². The molecule has 0 radical (unpaired) electrons. The van der Waals surface area contributed by atoms with Crippen molar-refractivity contribution in [3.63, 3.8) is 0 Å². The molecule has 5 nitrogen and oxygen atoms in total. The van der Waals surface area contributed by atoms with E-state index in [2.05, 4.69) is 147 Å². The summed E-state index contributed by atoms with van der Waals surface area (Å²) in [6, 6.07) is 8.26. The summed E-state index contributed by atoms with van der Waals surface area (Å²) in [4.78, 5) is 4.37. The van der Waals surface area contributed by atoms with Crippen LogP contribution >= 0.6 is 83.9 Å². The Balaban J connectivity index is -0.0000000246. The zero-order valence-corrected chi connectivity index (χ0v) is 50.7. The number of thioether (sulfide) groups is 2. The van der Waals surface area contributed by atoms with Gasteiger partial charge in [0, 0.05) is 43.2 Å². The van der Waals surface area contributed by atoms with Crippen LogP contribution in [0.2, 0.25) is 0 Å². The van der Waals surface area contributed by atoms with Crippen LogP contribution in [0.5, 0.6) is 5.75 Å². The highest BCUT2D eigenvalue weighted by molar-refractivity contribution is 9.09. The number of ether oxygens (including phenoxy) is 1. The molecule has 0 unspecified atom stereocenters. The number of alkyl halides is 3. The lowest BCUT2D eigenvalue weighted by Crippen LogP contribution is -2.38. The maximum atomic E-state index is 8.00. The van der Waals surface area contributed by atoms with Crippen molar-refractivity contribution in [1.82, 2.24) is 0 Å². The van der Waals surface area contributed by atoms with Crippen LogP contribution in [0.3, 0.4) is 0 Å². The highest BCUT2D eigenvalue weighted by Crippen LogP contribution is 2.39. The Hall–Kier alpha value is 0.760. The van der Waals surface area contributed by atoms with Gasteiger partial charge in [-0.05, 0) is 96.0 Å². The van der Waals surface area contributed by atoms with Gasteiger partial charge in [0.15, 0.2) is 5.17 Å². The fraction of sp³-hybridized carbons (Fsp3) is 0.865. The Kier molecular flexibility index (Phi) is 141. The molecule has 13 heteroatoms. The van der Waals surface area contributed by atoms with E-state index in [1.807, 2.05) is 138 Å². The molecule has 1 aliphatic heterocycles. The molecular formula is C52H133Br3F2N4OS3. The lowest BCUT2D eigenvalue weighted by Gasteiger charge is -2.36. The summed E-state index contributed by atoms with van der Waals surface area (Å²) in [5, 5.41) is 0.728. The molecule has 0 aliphatic carbocycles. The van der Waals surface area contributed by atoms with Crippen LogP contribution in [0, 0.1) is 0 Å². The molecule has 2 rings (SSSR count). The van der Waals surface area contributed by atoms with Crippen molar-refractivity contribution in [2.45, 2.75) is 274 Å². The minimum Gasteiger partial charge on any atom is -0.497 e. The van der Waals surface area contributed by atoms with Crippen LogP contribution in [-0.4, -0.2) is 60.6 Å². The summed E-state index contributed by atoms with van der Waals surface area (Å²) in [7, 11) is 1.69. The molecule has 0 bridgehead atoms. The quantitative estimate of drug-likeness (QED) is 0.153. The van der Waals surface area contributed by atoms with E-state index in [-0.39, 0.29) is 82.8 Å². The fourth-order valence-electron chi connectivity index (χ4n) is 4.99. The number of hydrogen-bond acceptors (Lipinski definition) is 8. The first-order valence-corrected chi connectivity index (χ1v) is 27.6. The number of thiol groups is 1. The van der Waals surface area contributed by atoms with E-state index < -0.39 is 0 Å². The molecule has 0 spiro atoms. The van der Waals surface area contributed by atoms with Gasteiger partial charge < -0.3 is 21.9 Å². The Morgan fingerprint density at radius 1 is 0.662 bits per heavy atom. The Morgan fingerprint density at radius 3 is 1.12 bits per heavy atom. The minimum absolute atomic E-state index is 0. The van der Waals surface area contributed by atoms with Gasteiger partial charge in [-0.1, -0.05) is 248 Å². The third-order valence-corrected chi connectivity index (χ3v) is 7.77. The zero-order chi connectivity index (χ0) is 52.2. The van der Waals surface area contributed by atoms with E-state index in [0.29, 0.717) is 0 Å². The SMILES string of the molecule is C.C.C.C.C.C.C.CBr.CBr.CBr.CC.CC.CC.CC.CC.CC.CC(C)(N)CC(C)(C)S.CC1(C)CC(C)(C)SC(N)=N1.COc1ccc(CSC(C)(C)CC(C)(C)N)cc1.FF.[2H][2H]. The Bertz CT molecular complexity index is 896. The maximum absolute atomic E-state index is 8.00. The van der Waals surface area contributed by atoms with Crippen LogP contribution in [0.15, 0.2) is 29.3 Å². The van der Waals surface area contributed by atoms with Gasteiger partial charge >= 0.3 is 0 Å². The Labute approximate surface area is 459 Å². The van der Waals surface area contributed by atoms with Crippen molar-refractivity contribution in [1.29, 1.82) is 0 Å². The second-order valence-corrected chi connectivity index (χ2v) is 19.0. The van der Waals surface area contributed by atoms with Gasteiger partial charge in [0.25, 0.3) is 0 Å². The maximum Gasteiger partial charge on any atom is 0.154 e. The summed E-state index contributed by atoms with van der Waals surface area (Å²) in [6.45, 7) is 49.5. The molecule has 1 aromatic rings. The summed E-state index contributed by atoms with van der Waals surface area (Å²) >= 11 is 16.8. The number of aliphatic imine (C=N–C) groups is 1. The predicted molar refractivity (Wildman–Crippen MR) is 343 cm³/mol. The number of hydrogen-bond donors (Lipinski definition) is 4. The number of nitrogens with zero attached hydrogens (tertiary/aromatic N) is 1. The smallest absolute Gasteiger partial charge is 0.154 e. The molecule has 0 saturated carbocycles. The lowest BCUT2D eigenvalue weighted by atomic mass is 9.92. The highest BCUT2D eigenvalue weighted by Gasteiger charge is 2.34. The molecule has 1 heterocycles. The number of methoxy groups -OCH3 is 1. The summed E-state index contributed by atoms with van der Waals surface area (Å²) < 4.78 is 31.6. The molecule has 0 atom stereocenters. The van der Waals surface area contributed by atoms with Crippen LogP contribution in [0.4, 0.5) is 9.15 Å². The summed E-state index contributed by atoms with van der Waals surface area (Å²) in [6.07, 6.45) is 3.02. The molecule has 65 heavy (non-hydrogen) atoms. The third-order valence-electron chi connectivity index (χ3n) is 5.21. The standard InChI is InChI=1S/C15H25NOS.C8H16N2S.C7H17NS.6C2H6.3CH3Br.7CH4.F2.H2/c1-14(2,16)11-15(3,4)18-10-12-6-8-13(17-5)9-7-12;1-7(2)5-8(3,4)11-6(9)10-7;1-6(2,8)5-7(3,4)9;9*1-2;;;;;;;;1-2;/h6-9H,10-11,16H2,1-5H3;5H2,1-4H3,(H2,9,10);9H,5,8H2,1-4H3;6*1-2H3;3*1H3;7*1H4;;1H/i;;;;;;;;;;;;;;;;;;;;1+1D. The van der Waals surface area contributed by atoms with E-state index in [4.69, 9.17) is 34.1 Å². The number of rotatable bonds is 8. The van der Waals surface area contributed by atoms with Crippen molar-refractivity contribution in [3.05, 3.63) is 29.8 Å². The zero-order valence-electron chi connectivity index (χ0n) is 45.4. The summed E-state index contributed by atoms with van der Waals surface area (Å²) in [5.74, 6) is 7.35. The molecule has 0 amide bonds. The van der Waals surface area contributed by atoms with Gasteiger partial charge in [-0.25, -0.2) is 0 Å². The van der Waals surface area contributed by atoms with Crippen LogP contribution < -0.4 is 21.9 Å². The van der Waals surface area contributed by atoms with E-state index in [1.54, 1.807) is 18.9 Å². The second kappa shape index (κ2) is 78.9. The molecule has 1 aromatic carbocycles. The van der Waals surface area contributed by atoms with Gasteiger partial charge in [-0.2, -0.15) is 24.4 Å². The molecule has 420 valence electrons. The van der Waals surface area contributed by atoms with Crippen molar-refractivity contribution < 1.29 is 16.9 Å². The predicted octanol–water partition coefficient (Wildman–Crippen LogP) is 22.4. The molecule has 1 aliphatic rings. The summed E-state index contributed by atoms with van der Waals surface area (Å²) in [5.41, 5.74) is 18.7. The molecule has 6 N–H and O–H groups in total. The molecule has 0 aromatic heterocycles. The van der Waals surface area contributed by atoms with Crippen molar-refractivity contribution in [3.8, 4) is 5.75 Å². The normalized spacial score (nSPS) is 11.2. The first-order chi connectivity index (χ1) is 27.7. The number of nitrogens with two attached hydrogens (primary N) is 3. The topological polar surface area (TPSA) is 99.7 Å². The fourth-order valence-corrected chi connectivity index (χ4v) is 7.90. The first-order valence-electron chi connectivity index (χ1n) is 21.6. The molecule has 0 fully saturated rings. The van der Waals surface area contributed by atoms with Gasteiger partial charge in [0.05, 0.1) is 12.6 Å². The van der Waals surface area contributed by atoms with Crippen molar-refractivity contribution in [2.75, 3.05) is 24.6 Å². The molecule has 0 saturated heterocycles. The average molecular weight is 1210 g/mol. The van der Waals surface area contributed by atoms with Gasteiger partial charge in [0.2, 0.25) is 0 Å². The van der Waals surface area contributed by atoms with Gasteiger partial charge in [-0.3, -0.25) is 4.99 Å². The first kappa shape index (κ1) is 116. The molecular weight excluding hydrogens is 1070 g/mol. The Morgan fingerprint density at radius 2 is 0.938 bits per heavy atom. The largest absolute Gasteiger partial charge is 0.497 e. The van der Waals surface area contributed by atoms with Gasteiger partial charge in [0.1, 0.15) is 5.75 Å². The second-order valence-electron chi connectivity index (χ2n) is 14.3. The average Bonchev–Trinajstić information content (AvgIpc) is 3.20. The number of amidine groups is 1. The number of benzene rings is 1. The third kappa shape index (κ3) is 117. The van der Waals surface area contributed by atoms with Crippen LogP contribution in [0.25, 0.3) is 0 Å². The minimum atomic E-state index is -0.115. The van der Waals surface area contributed by atoms with E-state index in [1.165, 1.54) is 5.56 Å². The van der Waals surface area contributed by atoms with Gasteiger partial charge in [-0.15, -0.1) is 0 Å². The highest BCUT2D eigenvalue weighted by atomic mass is 79.9. The number of halogens is 5. The lowest BCUT2D eigenvalue weighted by molar-refractivity contribution is 0.108. The van der Waals surface area contributed by atoms with Crippen LogP contribution in [0.1, 0.15) is 246 Å². The van der Waals surface area contributed by atoms with E-state index in [9.17, 15) is 0 Å². The van der Waals surface area contributed by atoms with Crippen molar-refractivity contribution in [2.24, 2.45) is 22.2 Å². The monoisotopic (exact) mass is 1200 g/mol. The van der Waals surface area contributed by atoms with Crippen molar-refractivity contribution >= 4 is 89.1 Å².